The zero-order valence-electron chi connectivity index (χ0n) is 24.2. The topological polar surface area (TPSA) is 105 Å². The number of methoxy groups -OCH3 is 2. The van der Waals surface area contributed by atoms with Crippen LogP contribution in [0.2, 0.25) is 0 Å². The average molecular weight is 560 g/mol. The maximum Gasteiger partial charge on any atom is 0.347 e. The number of aromatic nitrogens is 3. The Labute approximate surface area is 239 Å². The molecule has 0 aliphatic heterocycles. The van der Waals surface area contributed by atoms with Crippen LogP contribution in [0.15, 0.2) is 71.5 Å². The molecule has 216 valence electrons. The lowest BCUT2D eigenvalue weighted by Gasteiger charge is -2.21. The van der Waals surface area contributed by atoms with Gasteiger partial charge in [0.15, 0.2) is 5.60 Å². The van der Waals surface area contributed by atoms with E-state index in [1.807, 2.05) is 61.5 Å². The molecule has 1 N–H and O–H groups in total. The predicted octanol–water partition coefficient (Wildman–Crippen LogP) is 4.88. The highest BCUT2D eigenvalue weighted by atomic mass is 16.5. The van der Waals surface area contributed by atoms with Crippen LogP contribution in [0.1, 0.15) is 48.3 Å². The predicted molar refractivity (Wildman–Crippen MR) is 156 cm³/mol. The second-order valence-electron chi connectivity index (χ2n) is 10.5. The number of ether oxygens (including phenoxy) is 3. The van der Waals surface area contributed by atoms with E-state index in [1.54, 1.807) is 30.9 Å². The molecule has 0 saturated heterocycles. The molecular weight excluding hydrogens is 522 g/mol. The van der Waals surface area contributed by atoms with E-state index < -0.39 is 11.6 Å². The number of carboxylic acid groups (broad SMARTS) is 1. The van der Waals surface area contributed by atoms with Gasteiger partial charge >= 0.3 is 11.7 Å². The van der Waals surface area contributed by atoms with Crippen LogP contribution < -0.4 is 19.9 Å². The van der Waals surface area contributed by atoms with E-state index in [1.165, 1.54) is 18.5 Å². The Morgan fingerprint density at radius 1 is 0.878 bits per heavy atom. The van der Waals surface area contributed by atoms with Gasteiger partial charge in [0.1, 0.15) is 23.1 Å². The van der Waals surface area contributed by atoms with Crippen molar-refractivity contribution in [3.63, 3.8) is 0 Å². The summed E-state index contributed by atoms with van der Waals surface area (Å²) in [7, 11) is 3.20. The molecule has 0 aliphatic rings. The van der Waals surface area contributed by atoms with Gasteiger partial charge in [-0.1, -0.05) is 42.0 Å². The fourth-order valence-corrected chi connectivity index (χ4v) is 4.46. The summed E-state index contributed by atoms with van der Waals surface area (Å²) >= 11 is 0. The van der Waals surface area contributed by atoms with Gasteiger partial charge in [0, 0.05) is 18.1 Å². The molecule has 0 atom stereocenters. The Hall–Kier alpha value is -4.53. The molecular formula is C32H37N3O6. The summed E-state index contributed by atoms with van der Waals surface area (Å²) in [6.45, 7) is 5.76. The molecule has 0 aliphatic carbocycles. The highest BCUT2D eigenvalue weighted by Gasteiger charge is 2.29. The molecule has 0 amide bonds. The molecule has 41 heavy (non-hydrogen) atoms. The number of rotatable bonds is 13. The Bertz CT molecular complexity index is 1540. The van der Waals surface area contributed by atoms with Crippen molar-refractivity contribution in [2.24, 2.45) is 0 Å². The summed E-state index contributed by atoms with van der Waals surface area (Å²) in [5.41, 5.74) is 2.60. The van der Waals surface area contributed by atoms with E-state index in [4.69, 9.17) is 19.3 Å². The third-order valence-electron chi connectivity index (χ3n) is 6.95. The monoisotopic (exact) mass is 559 g/mol. The molecule has 1 aromatic heterocycles. The van der Waals surface area contributed by atoms with Crippen LogP contribution in [0.25, 0.3) is 0 Å². The SMILES string of the molecule is COc1ccc(Cn2c(CCCc3ccc(OC(C)(C)C(=O)O)cc3)nn(Cc3ccc(C)cc3)c2=O)c(OC)c1. The second kappa shape index (κ2) is 12.8. The van der Waals surface area contributed by atoms with Crippen LogP contribution >= 0.6 is 0 Å². The Balaban J connectivity index is 1.53. The minimum atomic E-state index is -1.31. The molecule has 0 bridgehead atoms. The minimum Gasteiger partial charge on any atom is -0.497 e. The van der Waals surface area contributed by atoms with Gasteiger partial charge in [-0.25, -0.2) is 14.3 Å². The molecule has 0 spiro atoms. The van der Waals surface area contributed by atoms with Gasteiger partial charge in [0.2, 0.25) is 0 Å². The average Bonchev–Trinajstić information content (AvgIpc) is 3.24. The van der Waals surface area contributed by atoms with Crippen molar-refractivity contribution in [2.45, 2.75) is 58.7 Å². The van der Waals surface area contributed by atoms with Crippen molar-refractivity contribution in [2.75, 3.05) is 14.2 Å². The molecule has 0 unspecified atom stereocenters. The minimum absolute atomic E-state index is 0.180. The lowest BCUT2D eigenvalue weighted by atomic mass is 10.1. The van der Waals surface area contributed by atoms with Crippen LogP contribution in [0, 0.1) is 6.92 Å². The number of carbonyl (C=O) groups is 1. The Morgan fingerprint density at radius 3 is 2.17 bits per heavy atom. The van der Waals surface area contributed by atoms with E-state index in [9.17, 15) is 14.7 Å². The summed E-state index contributed by atoms with van der Waals surface area (Å²) in [5, 5.41) is 14.0. The summed E-state index contributed by atoms with van der Waals surface area (Å²) in [6, 6.07) is 21.1. The molecule has 9 heteroatoms. The van der Waals surface area contributed by atoms with Crippen LogP contribution in [0.4, 0.5) is 0 Å². The second-order valence-corrected chi connectivity index (χ2v) is 10.5. The smallest absolute Gasteiger partial charge is 0.347 e. The number of hydrogen-bond donors (Lipinski definition) is 1. The molecule has 0 radical (unpaired) electrons. The van der Waals surface area contributed by atoms with Crippen molar-refractivity contribution in [3.05, 3.63) is 105 Å². The fraction of sp³-hybridized carbons (Fsp3) is 0.344. The maximum absolute atomic E-state index is 13.6. The molecule has 1 heterocycles. The lowest BCUT2D eigenvalue weighted by Crippen LogP contribution is -2.37. The number of benzene rings is 3. The zero-order chi connectivity index (χ0) is 29.6. The van der Waals surface area contributed by atoms with Gasteiger partial charge in [-0.3, -0.25) is 4.57 Å². The summed E-state index contributed by atoms with van der Waals surface area (Å²) < 4.78 is 19.7. The van der Waals surface area contributed by atoms with Crippen molar-refractivity contribution in [3.8, 4) is 17.2 Å². The third kappa shape index (κ3) is 7.36. The third-order valence-corrected chi connectivity index (χ3v) is 6.95. The molecule has 0 fully saturated rings. The number of nitrogens with zero attached hydrogens (tertiary/aromatic N) is 3. The first-order chi connectivity index (χ1) is 19.6. The summed E-state index contributed by atoms with van der Waals surface area (Å²) in [6.07, 6.45) is 2.12. The van der Waals surface area contributed by atoms with Gasteiger partial charge < -0.3 is 19.3 Å². The number of hydrogen-bond acceptors (Lipinski definition) is 6. The van der Waals surface area contributed by atoms with Gasteiger partial charge in [0.25, 0.3) is 0 Å². The van der Waals surface area contributed by atoms with E-state index in [0.29, 0.717) is 42.6 Å². The molecule has 4 aromatic rings. The number of aliphatic carboxylic acids is 1. The van der Waals surface area contributed by atoms with Crippen LogP contribution in [0.3, 0.4) is 0 Å². The first kappa shape index (κ1) is 29.5. The van der Waals surface area contributed by atoms with Gasteiger partial charge in [-0.2, -0.15) is 5.10 Å². The van der Waals surface area contributed by atoms with Gasteiger partial charge in [-0.15, -0.1) is 0 Å². The van der Waals surface area contributed by atoms with Crippen LogP contribution in [-0.4, -0.2) is 45.2 Å². The van der Waals surface area contributed by atoms with Gasteiger partial charge in [-0.05, 0) is 69.0 Å². The maximum atomic E-state index is 13.6. The standard InChI is InChI=1S/C32H37N3O6/c1-22-9-11-24(12-10-22)20-35-31(38)34(21-25-15-18-27(39-4)19-28(25)40-5)29(33-35)8-6-7-23-13-16-26(17-14-23)41-32(2,3)30(36)37/h9-19H,6-8,20-21H2,1-5H3,(H,36,37). The largest absolute Gasteiger partial charge is 0.497 e. The van der Waals surface area contributed by atoms with E-state index in [0.717, 1.165) is 35.1 Å². The molecule has 4 rings (SSSR count). The van der Waals surface area contributed by atoms with Crippen LogP contribution in [0.5, 0.6) is 17.2 Å². The van der Waals surface area contributed by atoms with Crippen molar-refractivity contribution in [1.29, 1.82) is 0 Å². The quantitative estimate of drug-likeness (QED) is 0.249. The highest BCUT2D eigenvalue weighted by Crippen LogP contribution is 2.25. The number of carboxylic acids is 1. The summed E-state index contributed by atoms with van der Waals surface area (Å²) in [5.74, 6) is 1.49. The summed E-state index contributed by atoms with van der Waals surface area (Å²) in [4.78, 5) is 24.9. The van der Waals surface area contributed by atoms with E-state index >= 15 is 0 Å². The van der Waals surface area contributed by atoms with E-state index in [2.05, 4.69) is 0 Å². The Kier molecular flexibility index (Phi) is 9.17. The zero-order valence-corrected chi connectivity index (χ0v) is 24.2. The van der Waals surface area contributed by atoms with E-state index in [-0.39, 0.29) is 5.69 Å². The first-order valence-electron chi connectivity index (χ1n) is 13.5. The molecule has 9 nitrogen and oxygen atoms in total. The van der Waals surface area contributed by atoms with Crippen LogP contribution in [-0.2, 0) is 30.7 Å². The van der Waals surface area contributed by atoms with Crippen molar-refractivity contribution in [1.82, 2.24) is 14.3 Å². The highest BCUT2D eigenvalue weighted by molar-refractivity contribution is 5.76. The molecule has 0 saturated carbocycles. The lowest BCUT2D eigenvalue weighted by molar-refractivity contribution is -0.152. The van der Waals surface area contributed by atoms with Crippen molar-refractivity contribution < 1.29 is 24.1 Å². The normalized spacial score (nSPS) is 11.3. The fourth-order valence-electron chi connectivity index (χ4n) is 4.46. The number of aryl methyl sites for hydroxylation is 3. The first-order valence-corrected chi connectivity index (χ1v) is 13.5. The Morgan fingerprint density at radius 2 is 1.54 bits per heavy atom. The van der Waals surface area contributed by atoms with Crippen molar-refractivity contribution >= 4 is 5.97 Å². The van der Waals surface area contributed by atoms with Gasteiger partial charge in [0.05, 0.1) is 27.3 Å². The molecule has 3 aromatic carbocycles.